The molecule has 1 atom stereocenters. The molecule has 0 amide bonds. The Kier molecular flexibility index (Phi) is 5.73. The van der Waals surface area contributed by atoms with Gasteiger partial charge in [0.05, 0.1) is 36.4 Å². The highest BCUT2D eigenvalue weighted by Gasteiger charge is 2.12. The number of benzene rings is 2. The molecule has 0 aliphatic heterocycles. The van der Waals surface area contributed by atoms with Gasteiger partial charge in [-0.2, -0.15) is 0 Å². The zero-order valence-corrected chi connectivity index (χ0v) is 15.2. The van der Waals surface area contributed by atoms with Gasteiger partial charge < -0.3 is 14.6 Å². The number of methoxy groups -OCH3 is 1. The maximum Gasteiger partial charge on any atom is 0.337 e. The molecular weight excluding hydrogens is 372 g/mol. The first-order valence-electron chi connectivity index (χ1n) is 8.12. The normalized spacial score (nSPS) is 12.0. The quantitative estimate of drug-likeness (QED) is 0.651. The summed E-state index contributed by atoms with van der Waals surface area (Å²) in [4.78, 5) is 28.2. The molecule has 0 bridgehead atoms. The number of ether oxygens (including phenoxy) is 2. The van der Waals surface area contributed by atoms with Crippen LogP contribution >= 0.6 is 11.6 Å². The van der Waals surface area contributed by atoms with Crippen LogP contribution in [0.5, 0.6) is 5.75 Å². The smallest absolute Gasteiger partial charge is 0.337 e. The Bertz CT molecular complexity index is 1030. The molecule has 0 aliphatic rings. The zero-order valence-electron chi connectivity index (χ0n) is 14.5. The first-order chi connectivity index (χ1) is 13.0. The van der Waals surface area contributed by atoms with Crippen LogP contribution in [0.25, 0.3) is 10.9 Å². The third kappa shape index (κ3) is 4.45. The Morgan fingerprint density at radius 1 is 1.30 bits per heavy atom. The number of carbonyl (C=O) groups excluding carboxylic acids is 1. The van der Waals surface area contributed by atoms with Crippen molar-refractivity contribution in [3.63, 3.8) is 0 Å². The van der Waals surface area contributed by atoms with E-state index in [4.69, 9.17) is 16.3 Å². The lowest BCUT2D eigenvalue weighted by Crippen LogP contribution is -2.30. The van der Waals surface area contributed by atoms with E-state index in [1.165, 1.54) is 24.1 Å². The summed E-state index contributed by atoms with van der Waals surface area (Å²) in [6.07, 6.45) is 0.415. The van der Waals surface area contributed by atoms with E-state index in [0.29, 0.717) is 27.2 Å². The Hall–Kier alpha value is -2.90. The predicted octanol–water partition coefficient (Wildman–Crippen LogP) is 2.28. The van der Waals surface area contributed by atoms with Crippen molar-refractivity contribution in [1.82, 2.24) is 9.55 Å². The minimum Gasteiger partial charge on any atom is -0.491 e. The number of esters is 1. The second-order valence-electron chi connectivity index (χ2n) is 5.85. The fourth-order valence-corrected chi connectivity index (χ4v) is 2.73. The monoisotopic (exact) mass is 388 g/mol. The summed E-state index contributed by atoms with van der Waals surface area (Å²) in [7, 11) is 1.29. The highest BCUT2D eigenvalue weighted by Crippen LogP contribution is 2.15. The van der Waals surface area contributed by atoms with Crippen molar-refractivity contribution in [2.24, 2.45) is 0 Å². The molecule has 1 unspecified atom stereocenters. The van der Waals surface area contributed by atoms with Gasteiger partial charge in [0.2, 0.25) is 0 Å². The molecule has 0 spiro atoms. The van der Waals surface area contributed by atoms with E-state index < -0.39 is 12.1 Å². The Balaban J connectivity index is 1.68. The lowest BCUT2D eigenvalue weighted by atomic mass is 10.2. The fraction of sp³-hybridized carbons (Fsp3) is 0.211. The first-order valence-corrected chi connectivity index (χ1v) is 8.49. The number of rotatable bonds is 6. The number of hydrogen-bond donors (Lipinski definition) is 1. The van der Waals surface area contributed by atoms with Gasteiger partial charge in [-0.1, -0.05) is 17.7 Å². The Labute approximate surface area is 159 Å². The Morgan fingerprint density at radius 2 is 2.11 bits per heavy atom. The molecule has 140 valence electrons. The van der Waals surface area contributed by atoms with Crippen molar-refractivity contribution in [3.8, 4) is 5.75 Å². The van der Waals surface area contributed by atoms with E-state index in [0.717, 1.165) is 0 Å². The number of nitrogens with zero attached hydrogens (tertiary/aromatic N) is 2. The van der Waals surface area contributed by atoms with E-state index in [1.807, 2.05) is 0 Å². The van der Waals surface area contributed by atoms with Gasteiger partial charge >= 0.3 is 5.97 Å². The average Bonchev–Trinajstić information content (AvgIpc) is 2.68. The van der Waals surface area contributed by atoms with Crippen LogP contribution in [0.1, 0.15) is 10.4 Å². The minimum absolute atomic E-state index is 0.0150. The number of aliphatic hydroxyl groups is 1. The molecule has 3 rings (SSSR count). The third-order valence-corrected chi connectivity index (χ3v) is 4.13. The first kappa shape index (κ1) is 18.9. The molecule has 0 aliphatic carbocycles. The van der Waals surface area contributed by atoms with Gasteiger partial charge in [-0.25, -0.2) is 9.78 Å². The van der Waals surface area contributed by atoms with Gasteiger partial charge in [-0.05, 0) is 36.4 Å². The third-order valence-electron chi connectivity index (χ3n) is 3.89. The molecule has 2 aromatic carbocycles. The number of aliphatic hydroxyl groups excluding tert-OH is 1. The van der Waals surface area contributed by atoms with Gasteiger partial charge in [0, 0.05) is 5.02 Å². The van der Waals surface area contributed by atoms with Crippen molar-refractivity contribution >= 4 is 28.5 Å². The van der Waals surface area contributed by atoms with Crippen molar-refractivity contribution in [3.05, 3.63) is 69.7 Å². The van der Waals surface area contributed by atoms with Gasteiger partial charge in [-0.15, -0.1) is 0 Å². The van der Waals surface area contributed by atoms with Gasteiger partial charge in [-0.3, -0.25) is 9.36 Å². The molecule has 8 heteroatoms. The number of halogens is 1. The average molecular weight is 389 g/mol. The van der Waals surface area contributed by atoms with Crippen LogP contribution in [-0.2, 0) is 11.3 Å². The van der Waals surface area contributed by atoms with Crippen LogP contribution in [0.2, 0.25) is 5.02 Å². The number of aromatic nitrogens is 2. The molecular formula is C19H17ClN2O5. The summed E-state index contributed by atoms with van der Waals surface area (Å²) in [5, 5.41) is 11.1. The highest BCUT2D eigenvalue weighted by atomic mass is 35.5. The molecule has 0 saturated carbocycles. The maximum atomic E-state index is 12.5. The SMILES string of the molecule is COC(=O)c1cccc(OCC(O)Cn2cnc3cc(Cl)ccc3c2=O)c1. The van der Waals surface area contributed by atoms with E-state index in [-0.39, 0.29) is 18.7 Å². The number of hydrogen-bond acceptors (Lipinski definition) is 6. The number of fused-ring (bicyclic) bond motifs is 1. The Morgan fingerprint density at radius 3 is 2.89 bits per heavy atom. The fourth-order valence-electron chi connectivity index (χ4n) is 2.56. The zero-order chi connectivity index (χ0) is 19.4. The summed E-state index contributed by atoms with van der Waals surface area (Å²) in [5.41, 5.74) is 0.565. The summed E-state index contributed by atoms with van der Waals surface area (Å²) in [6, 6.07) is 11.3. The maximum absolute atomic E-state index is 12.5. The summed E-state index contributed by atoms with van der Waals surface area (Å²) in [5.74, 6) is -0.0644. The van der Waals surface area contributed by atoms with E-state index in [2.05, 4.69) is 9.72 Å². The summed E-state index contributed by atoms with van der Waals surface area (Å²) < 4.78 is 11.5. The van der Waals surface area contributed by atoms with Gasteiger partial charge in [0.1, 0.15) is 18.5 Å². The summed E-state index contributed by atoms with van der Waals surface area (Å²) >= 11 is 5.90. The van der Waals surface area contributed by atoms with E-state index in [1.54, 1.807) is 36.4 Å². The summed E-state index contributed by atoms with van der Waals surface area (Å²) in [6.45, 7) is -0.0448. The van der Waals surface area contributed by atoms with Gasteiger partial charge in [0.15, 0.2) is 0 Å². The molecule has 7 nitrogen and oxygen atoms in total. The largest absolute Gasteiger partial charge is 0.491 e. The molecule has 27 heavy (non-hydrogen) atoms. The number of carbonyl (C=O) groups is 1. The van der Waals surface area contributed by atoms with E-state index in [9.17, 15) is 14.7 Å². The van der Waals surface area contributed by atoms with E-state index >= 15 is 0 Å². The predicted molar refractivity (Wildman–Crippen MR) is 100 cm³/mol. The molecule has 3 aromatic rings. The second-order valence-corrected chi connectivity index (χ2v) is 6.28. The van der Waals surface area contributed by atoms with Crippen LogP contribution in [0.4, 0.5) is 0 Å². The van der Waals surface area contributed by atoms with Crippen LogP contribution in [-0.4, -0.2) is 40.4 Å². The van der Waals surface area contributed by atoms with Crippen LogP contribution < -0.4 is 10.3 Å². The van der Waals surface area contributed by atoms with Crippen molar-refractivity contribution in [2.45, 2.75) is 12.6 Å². The lowest BCUT2D eigenvalue weighted by molar-refractivity contribution is 0.0599. The molecule has 0 saturated heterocycles. The van der Waals surface area contributed by atoms with Gasteiger partial charge in [0.25, 0.3) is 5.56 Å². The molecule has 0 fully saturated rings. The minimum atomic E-state index is -0.948. The standard InChI is InChI=1S/C19H17ClN2O5/c1-26-19(25)12-3-2-4-15(7-12)27-10-14(23)9-22-11-21-17-8-13(20)5-6-16(17)18(22)24/h2-8,11,14,23H,9-10H2,1H3. The van der Waals surface area contributed by atoms with Crippen LogP contribution in [0, 0.1) is 0 Å². The van der Waals surface area contributed by atoms with Crippen LogP contribution in [0.15, 0.2) is 53.6 Å². The van der Waals surface area contributed by atoms with Crippen molar-refractivity contribution in [2.75, 3.05) is 13.7 Å². The second kappa shape index (κ2) is 8.20. The molecule has 0 radical (unpaired) electrons. The lowest BCUT2D eigenvalue weighted by Gasteiger charge is -2.14. The molecule has 1 heterocycles. The van der Waals surface area contributed by atoms with Crippen LogP contribution in [0.3, 0.4) is 0 Å². The molecule has 1 N–H and O–H groups in total. The topological polar surface area (TPSA) is 90.7 Å². The van der Waals surface area contributed by atoms with Crippen molar-refractivity contribution in [1.29, 1.82) is 0 Å². The molecule has 1 aromatic heterocycles. The highest BCUT2D eigenvalue weighted by molar-refractivity contribution is 6.31. The van der Waals surface area contributed by atoms with Crippen molar-refractivity contribution < 1.29 is 19.4 Å².